The van der Waals surface area contributed by atoms with E-state index in [1.807, 2.05) is 4.68 Å². The van der Waals surface area contributed by atoms with E-state index >= 15 is 0 Å². The van der Waals surface area contributed by atoms with Crippen molar-refractivity contribution < 1.29 is 0 Å². The second kappa shape index (κ2) is 6.12. The number of nitrogens with two attached hydrogens (primary N) is 1. The lowest BCUT2D eigenvalue weighted by Gasteiger charge is -2.20. The third-order valence-electron chi connectivity index (χ3n) is 3.51. The Balaban J connectivity index is 3.38. The number of hydrogen-bond acceptors (Lipinski definition) is 2. The summed E-state index contributed by atoms with van der Waals surface area (Å²) >= 11 is 0. The largest absolute Gasteiger partial charge is 0.393 e. The zero-order valence-corrected chi connectivity index (χ0v) is 12.4. The lowest BCUT2D eigenvalue weighted by atomic mass is 10.1. The van der Waals surface area contributed by atoms with E-state index in [4.69, 9.17) is 5.73 Å². The van der Waals surface area contributed by atoms with Crippen molar-refractivity contribution in [1.82, 2.24) is 9.36 Å². The first-order valence-corrected chi connectivity index (χ1v) is 7.07. The molecule has 0 unspecified atom stereocenters. The molecule has 4 heteroatoms. The average molecular weight is 253 g/mol. The van der Waals surface area contributed by atoms with Gasteiger partial charge in [-0.3, -0.25) is 9.48 Å². The molecule has 2 N–H and O–H groups in total. The SMILES string of the molecule is CCC(CC)n1c(=O)c(N)c(CC(C)C)n1CC. The van der Waals surface area contributed by atoms with Crippen LogP contribution in [-0.4, -0.2) is 9.36 Å². The van der Waals surface area contributed by atoms with Crippen LogP contribution in [0, 0.1) is 5.92 Å². The highest BCUT2D eigenvalue weighted by molar-refractivity contribution is 5.42. The summed E-state index contributed by atoms with van der Waals surface area (Å²) in [7, 11) is 0. The quantitative estimate of drug-likeness (QED) is 0.847. The zero-order chi connectivity index (χ0) is 13.9. The molecule has 0 atom stereocenters. The molecule has 0 bridgehead atoms. The number of aromatic nitrogens is 2. The van der Waals surface area contributed by atoms with Gasteiger partial charge in [0.15, 0.2) is 0 Å². The van der Waals surface area contributed by atoms with Gasteiger partial charge in [-0.25, -0.2) is 4.68 Å². The van der Waals surface area contributed by atoms with Crippen LogP contribution in [0.15, 0.2) is 4.79 Å². The first-order valence-electron chi connectivity index (χ1n) is 7.07. The molecule has 0 saturated heterocycles. The van der Waals surface area contributed by atoms with Crippen LogP contribution in [0.25, 0.3) is 0 Å². The van der Waals surface area contributed by atoms with Crippen LogP contribution >= 0.6 is 0 Å². The topological polar surface area (TPSA) is 52.9 Å². The molecule has 0 fully saturated rings. The molecule has 1 rings (SSSR count). The van der Waals surface area contributed by atoms with E-state index in [0.29, 0.717) is 11.6 Å². The fraction of sp³-hybridized carbons (Fsp3) is 0.786. The Morgan fingerprint density at radius 3 is 2.11 bits per heavy atom. The maximum absolute atomic E-state index is 12.3. The smallest absolute Gasteiger partial charge is 0.290 e. The van der Waals surface area contributed by atoms with E-state index in [0.717, 1.165) is 31.5 Å². The minimum Gasteiger partial charge on any atom is -0.393 e. The van der Waals surface area contributed by atoms with E-state index in [1.165, 1.54) is 0 Å². The van der Waals surface area contributed by atoms with Gasteiger partial charge < -0.3 is 5.73 Å². The number of nitrogen functional groups attached to an aromatic ring is 1. The van der Waals surface area contributed by atoms with Gasteiger partial charge in [-0.15, -0.1) is 0 Å². The summed E-state index contributed by atoms with van der Waals surface area (Å²) in [5, 5.41) is 0. The Kier molecular flexibility index (Phi) is 5.05. The van der Waals surface area contributed by atoms with E-state index in [-0.39, 0.29) is 11.6 Å². The standard InChI is InChI=1S/C14H27N3O/c1-6-11(7-2)17-14(18)13(15)12(9-10(4)5)16(17)8-3/h10-11H,6-9,15H2,1-5H3. The molecule has 1 aromatic heterocycles. The molecule has 0 spiro atoms. The molecule has 0 aromatic carbocycles. The molecule has 18 heavy (non-hydrogen) atoms. The Labute approximate surface area is 110 Å². The van der Waals surface area contributed by atoms with Gasteiger partial charge in [0.1, 0.15) is 5.69 Å². The molecular weight excluding hydrogens is 226 g/mol. The molecule has 0 aliphatic rings. The van der Waals surface area contributed by atoms with Gasteiger partial charge >= 0.3 is 0 Å². The Morgan fingerprint density at radius 2 is 1.72 bits per heavy atom. The van der Waals surface area contributed by atoms with E-state index in [2.05, 4.69) is 39.3 Å². The van der Waals surface area contributed by atoms with Crippen molar-refractivity contribution in [3.8, 4) is 0 Å². The second-order valence-corrected chi connectivity index (χ2v) is 5.29. The molecule has 0 radical (unpaired) electrons. The summed E-state index contributed by atoms with van der Waals surface area (Å²) in [4.78, 5) is 12.3. The number of nitrogens with zero attached hydrogens (tertiary/aromatic N) is 2. The summed E-state index contributed by atoms with van der Waals surface area (Å²) in [5.41, 5.74) is 7.45. The number of hydrogen-bond donors (Lipinski definition) is 1. The highest BCUT2D eigenvalue weighted by Crippen LogP contribution is 2.20. The first-order chi connectivity index (χ1) is 8.47. The van der Waals surface area contributed by atoms with Crippen LogP contribution in [0.2, 0.25) is 0 Å². The molecule has 1 heterocycles. The number of rotatable bonds is 6. The maximum atomic E-state index is 12.3. The van der Waals surface area contributed by atoms with Crippen molar-refractivity contribution in [2.45, 2.75) is 66.5 Å². The third-order valence-corrected chi connectivity index (χ3v) is 3.51. The summed E-state index contributed by atoms with van der Waals surface area (Å²) in [5.74, 6) is 0.502. The van der Waals surface area contributed by atoms with E-state index in [1.54, 1.807) is 0 Å². The van der Waals surface area contributed by atoms with Crippen molar-refractivity contribution in [1.29, 1.82) is 0 Å². The fourth-order valence-electron chi connectivity index (χ4n) is 2.57. The monoisotopic (exact) mass is 253 g/mol. The third kappa shape index (κ3) is 2.62. The molecule has 0 aliphatic heterocycles. The van der Waals surface area contributed by atoms with Gasteiger partial charge in [0.05, 0.1) is 11.7 Å². The van der Waals surface area contributed by atoms with Crippen LogP contribution in [-0.2, 0) is 13.0 Å². The molecule has 104 valence electrons. The molecular formula is C14H27N3O. The molecule has 0 saturated carbocycles. The highest BCUT2D eigenvalue weighted by atomic mass is 16.1. The van der Waals surface area contributed by atoms with Crippen molar-refractivity contribution in [2.75, 3.05) is 5.73 Å². The highest BCUT2D eigenvalue weighted by Gasteiger charge is 2.21. The summed E-state index contributed by atoms with van der Waals surface area (Å²) < 4.78 is 3.95. The number of anilines is 1. The molecule has 0 amide bonds. The molecule has 0 aliphatic carbocycles. The van der Waals surface area contributed by atoms with Crippen LogP contribution in [0.4, 0.5) is 5.69 Å². The predicted octanol–water partition coefficient (Wildman–Crippen LogP) is 2.81. The first kappa shape index (κ1) is 14.9. The van der Waals surface area contributed by atoms with Gasteiger partial charge in [0, 0.05) is 6.54 Å². The lowest BCUT2D eigenvalue weighted by Crippen LogP contribution is -2.28. The van der Waals surface area contributed by atoms with Gasteiger partial charge in [-0.05, 0) is 32.1 Å². The average Bonchev–Trinajstić information content (AvgIpc) is 2.56. The Hall–Kier alpha value is -1.19. The minimum absolute atomic E-state index is 0.0128. The maximum Gasteiger partial charge on any atom is 0.290 e. The van der Waals surface area contributed by atoms with Crippen LogP contribution in [0.1, 0.15) is 59.2 Å². The van der Waals surface area contributed by atoms with Gasteiger partial charge in [-0.2, -0.15) is 0 Å². The van der Waals surface area contributed by atoms with E-state index < -0.39 is 0 Å². The summed E-state index contributed by atoms with van der Waals surface area (Å²) in [6.45, 7) is 11.4. The van der Waals surface area contributed by atoms with E-state index in [9.17, 15) is 4.79 Å². The normalized spacial score (nSPS) is 11.7. The van der Waals surface area contributed by atoms with Crippen molar-refractivity contribution in [3.63, 3.8) is 0 Å². The second-order valence-electron chi connectivity index (χ2n) is 5.29. The van der Waals surface area contributed by atoms with Gasteiger partial charge in [0.2, 0.25) is 0 Å². The van der Waals surface area contributed by atoms with Crippen molar-refractivity contribution in [3.05, 3.63) is 16.0 Å². The molecule has 4 nitrogen and oxygen atoms in total. The molecule has 1 aromatic rings. The van der Waals surface area contributed by atoms with Gasteiger partial charge in [0.25, 0.3) is 5.56 Å². The summed E-state index contributed by atoms with van der Waals surface area (Å²) in [6.07, 6.45) is 2.78. The zero-order valence-electron chi connectivity index (χ0n) is 12.4. The van der Waals surface area contributed by atoms with Crippen LogP contribution in [0.5, 0.6) is 0 Å². The van der Waals surface area contributed by atoms with Crippen molar-refractivity contribution >= 4 is 5.69 Å². The van der Waals surface area contributed by atoms with Crippen LogP contribution < -0.4 is 11.3 Å². The van der Waals surface area contributed by atoms with Crippen molar-refractivity contribution in [2.24, 2.45) is 5.92 Å². The Morgan fingerprint density at radius 1 is 1.17 bits per heavy atom. The predicted molar refractivity (Wildman–Crippen MR) is 76.9 cm³/mol. The lowest BCUT2D eigenvalue weighted by molar-refractivity contribution is 0.340. The Bertz CT molecular complexity index is 439. The van der Waals surface area contributed by atoms with Gasteiger partial charge in [-0.1, -0.05) is 27.7 Å². The van der Waals surface area contributed by atoms with Crippen LogP contribution in [0.3, 0.4) is 0 Å². The summed E-state index contributed by atoms with van der Waals surface area (Å²) in [6, 6.07) is 0.251. The minimum atomic E-state index is -0.0128. The fourth-order valence-corrected chi connectivity index (χ4v) is 2.57.